The predicted octanol–water partition coefficient (Wildman–Crippen LogP) is 5.22. The molecule has 0 unspecified atom stereocenters. The number of aryl methyl sites for hydroxylation is 1. The molecule has 108 valence electrons. The highest BCUT2D eigenvalue weighted by Gasteiger charge is 2.21. The first-order chi connectivity index (χ1) is 9.69. The van der Waals surface area contributed by atoms with Gasteiger partial charge in [-0.25, -0.2) is 0 Å². The van der Waals surface area contributed by atoms with Crippen LogP contribution in [0.15, 0.2) is 18.2 Å². The van der Waals surface area contributed by atoms with E-state index >= 15 is 0 Å². The zero-order chi connectivity index (χ0) is 14.1. The van der Waals surface area contributed by atoms with Gasteiger partial charge in [0.05, 0.1) is 11.0 Å². The average molecular weight is 288 g/mol. The van der Waals surface area contributed by atoms with Crippen molar-refractivity contribution in [2.24, 2.45) is 11.8 Å². The number of para-hydroxylation sites is 1. The third-order valence-electron chi connectivity index (χ3n) is 4.98. The summed E-state index contributed by atoms with van der Waals surface area (Å²) in [6.07, 6.45) is 6.86. The number of aromatic nitrogens is 2. The number of hydrogen-bond acceptors (Lipinski definition) is 1. The molecule has 0 aliphatic heterocycles. The molecule has 1 aromatic carbocycles. The molecule has 1 N–H and O–H groups in total. The number of benzene rings is 1. The lowest BCUT2D eigenvalue weighted by molar-refractivity contribution is 0.248. The van der Waals surface area contributed by atoms with E-state index < -0.39 is 0 Å². The molecule has 1 fully saturated rings. The molecule has 0 amide bonds. The van der Waals surface area contributed by atoms with E-state index in [0.29, 0.717) is 0 Å². The van der Waals surface area contributed by atoms with Gasteiger partial charge in [0.1, 0.15) is 0 Å². The Hall–Kier alpha value is -1.09. The summed E-state index contributed by atoms with van der Waals surface area (Å²) in [4.78, 5) is 3.36. The molecule has 2 aromatic rings. The monoisotopic (exact) mass is 288 g/mol. The summed E-state index contributed by atoms with van der Waals surface area (Å²) in [5, 5.41) is 0. The SMILES string of the molecule is CCC1CCC(Cn2c(=S)[nH]c3cccc(C)c32)CC1. The third kappa shape index (κ3) is 2.56. The first kappa shape index (κ1) is 13.9. The molecule has 2 nitrogen and oxygen atoms in total. The molecule has 3 heteroatoms. The largest absolute Gasteiger partial charge is 0.331 e. The van der Waals surface area contributed by atoms with Gasteiger partial charge in [-0.3, -0.25) is 0 Å². The molecule has 0 bridgehead atoms. The van der Waals surface area contributed by atoms with Crippen molar-refractivity contribution in [3.05, 3.63) is 28.5 Å². The Bertz CT molecular complexity index is 645. The fourth-order valence-corrected chi connectivity index (χ4v) is 3.93. The highest BCUT2D eigenvalue weighted by atomic mass is 32.1. The Morgan fingerprint density at radius 2 is 1.90 bits per heavy atom. The summed E-state index contributed by atoms with van der Waals surface area (Å²) < 4.78 is 3.21. The first-order valence-corrected chi connectivity index (χ1v) is 8.28. The number of rotatable bonds is 3. The molecule has 3 rings (SSSR count). The Balaban J connectivity index is 1.85. The number of nitrogens with zero attached hydrogens (tertiary/aromatic N) is 1. The van der Waals surface area contributed by atoms with Crippen molar-refractivity contribution in [1.82, 2.24) is 9.55 Å². The van der Waals surface area contributed by atoms with Crippen LogP contribution in [0.2, 0.25) is 0 Å². The Kier molecular flexibility index (Phi) is 3.97. The fraction of sp³-hybridized carbons (Fsp3) is 0.588. The number of nitrogens with one attached hydrogen (secondary N) is 1. The maximum absolute atomic E-state index is 5.53. The van der Waals surface area contributed by atoms with E-state index in [0.717, 1.165) is 23.2 Å². The van der Waals surface area contributed by atoms with Crippen molar-refractivity contribution >= 4 is 23.3 Å². The smallest absolute Gasteiger partial charge is 0.178 e. The topological polar surface area (TPSA) is 20.7 Å². The van der Waals surface area contributed by atoms with E-state index in [1.165, 1.54) is 48.7 Å². The van der Waals surface area contributed by atoms with Crippen LogP contribution in [0.4, 0.5) is 0 Å². The standard InChI is InChI=1S/C17H24N2S/c1-3-13-7-9-14(10-8-13)11-19-16-12(2)5-4-6-15(16)18-17(19)20/h4-6,13-14H,3,7-11H2,1-2H3,(H,18,20). The zero-order valence-electron chi connectivity index (χ0n) is 12.5. The van der Waals surface area contributed by atoms with Crippen LogP contribution in [0.25, 0.3) is 11.0 Å². The molecule has 0 spiro atoms. The first-order valence-electron chi connectivity index (χ1n) is 7.87. The lowest BCUT2D eigenvalue weighted by Gasteiger charge is -2.28. The van der Waals surface area contributed by atoms with Gasteiger partial charge in [0.15, 0.2) is 4.77 Å². The summed E-state index contributed by atoms with van der Waals surface area (Å²) in [5.41, 5.74) is 3.80. The minimum Gasteiger partial charge on any atom is -0.331 e. The fourth-order valence-electron chi connectivity index (χ4n) is 3.66. The zero-order valence-corrected chi connectivity index (χ0v) is 13.3. The molecule has 0 radical (unpaired) electrons. The van der Waals surface area contributed by atoms with Crippen molar-refractivity contribution in [1.29, 1.82) is 0 Å². The van der Waals surface area contributed by atoms with Crippen LogP contribution in [0.5, 0.6) is 0 Å². The number of aromatic amines is 1. The normalized spacial score (nSPS) is 23.3. The van der Waals surface area contributed by atoms with Gasteiger partial charge < -0.3 is 9.55 Å². The van der Waals surface area contributed by atoms with Crippen LogP contribution in [0.1, 0.15) is 44.6 Å². The number of hydrogen-bond donors (Lipinski definition) is 1. The van der Waals surface area contributed by atoms with Crippen molar-refractivity contribution in [3.8, 4) is 0 Å². The predicted molar refractivity (Wildman–Crippen MR) is 87.6 cm³/mol. The molecule has 0 saturated heterocycles. The van der Waals surface area contributed by atoms with E-state index in [1.807, 2.05) is 0 Å². The van der Waals surface area contributed by atoms with Crippen molar-refractivity contribution in [2.45, 2.75) is 52.5 Å². The second kappa shape index (κ2) is 5.72. The van der Waals surface area contributed by atoms with Gasteiger partial charge in [-0.05, 0) is 55.4 Å². The van der Waals surface area contributed by atoms with Crippen LogP contribution in [-0.2, 0) is 6.54 Å². The highest BCUT2D eigenvalue weighted by molar-refractivity contribution is 7.71. The van der Waals surface area contributed by atoms with E-state index in [2.05, 4.69) is 41.6 Å². The quantitative estimate of drug-likeness (QED) is 0.768. The molecule has 1 heterocycles. The second-order valence-corrected chi connectivity index (χ2v) is 6.69. The average Bonchev–Trinajstić information content (AvgIpc) is 2.77. The summed E-state index contributed by atoms with van der Waals surface area (Å²) >= 11 is 5.53. The van der Waals surface area contributed by atoms with Gasteiger partial charge in [-0.1, -0.05) is 38.3 Å². The third-order valence-corrected chi connectivity index (χ3v) is 5.30. The van der Waals surface area contributed by atoms with Gasteiger partial charge in [-0.2, -0.15) is 0 Å². The van der Waals surface area contributed by atoms with Gasteiger partial charge in [-0.15, -0.1) is 0 Å². The number of H-pyrrole nitrogens is 1. The Morgan fingerprint density at radius 3 is 2.60 bits per heavy atom. The van der Waals surface area contributed by atoms with Gasteiger partial charge in [0, 0.05) is 6.54 Å². The summed E-state index contributed by atoms with van der Waals surface area (Å²) in [7, 11) is 0. The van der Waals surface area contributed by atoms with Crippen molar-refractivity contribution < 1.29 is 0 Å². The van der Waals surface area contributed by atoms with E-state index in [4.69, 9.17) is 12.2 Å². The van der Waals surface area contributed by atoms with Crippen molar-refractivity contribution in [3.63, 3.8) is 0 Å². The summed E-state index contributed by atoms with van der Waals surface area (Å²) in [6, 6.07) is 6.40. The molecule has 1 aromatic heterocycles. The maximum Gasteiger partial charge on any atom is 0.178 e. The lowest BCUT2D eigenvalue weighted by Crippen LogP contribution is -2.18. The van der Waals surface area contributed by atoms with Gasteiger partial charge in [0.2, 0.25) is 0 Å². The number of fused-ring (bicyclic) bond motifs is 1. The van der Waals surface area contributed by atoms with E-state index in [1.54, 1.807) is 0 Å². The van der Waals surface area contributed by atoms with E-state index in [9.17, 15) is 0 Å². The molecular formula is C17H24N2S. The molecule has 1 aliphatic carbocycles. The van der Waals surface area contributed by atoms with Crippen LogP contribution >= 0.6 is 12.2 Å². The van der Waals surface area contributed by atoms with Gasteiger partial charge in [0.25, 0.3) is 0 Å². The summed E-state index contributed by atoms with van der Waals surface area (Å²) in [6.45, 7) is 5.58. The van der Waals surface area contributed by atoms with Crippen LogP contribution in [0.3, 0.4) is 0 Å². The molecule has 20 heavy (non-hydrogen) atoms. The van der Waals surface area contributed by atoms with Crippen LogP contribution in [0, 0.1) is 23.5 Å². The highest BCUT2D eigenvalue weighted by Crippen LogP contribution is 2.32. The Labute approximate surface area is 126 Å². The van der Waals surface area contributed by atoms with Crippen molar-refractivity contribution in [2.75, 3.05) is 0 Å². The second-order valence-electron chi connectivity index (χ2n) is 6.31. The Morgan fingerprint density at radius 1 is 1.20 bits per heavy atom. The van der Waals surface area contributed by atoms with Crippen LogP contribution in [-0.4, -0.2) is 9.55 Å². The maximum atomic E-state index is 5.53. The minimum atomic E-state index is 0.795. The molecule has 1 saturated carbocycles. The summed E-state index contributed by atoms with van der Waals surface area (Å²) in [5.74, 6) is 1.76. The lowest BCUT2D eigenvalue weighted by atomic mass is 9.81. The van der Waals surface area contributed by atoms with Gasteiger partial charge >= 0.3 is 0 Å². The molecule has 0 atom stereocenters. The minimum absolute atomic E-state index is 0.795. The number of imidazole rings is 1. The molecule has 1 aliphatic rings. The van der Waals surface area contributed by atoms with Crippen LogP contribution < -0.4 is 0 Å². The molecular weight excluding hydrogens is 264 g/mol. The van der Waals surface area contributed by atoms with E-state index in [-0.39, 0.29) is 0 Å².